The summed E-state index contributed by atoms with van der Waals surface area (Å²) >= 11 is 0. The van der Waals surface area contributed by atoms with Crippen molar-refractivity contribution in [3.8, 4) is 0 Å². The zero-order valence-electron chi connectivity index (χ0n) is 10.4. The SMILES string of the molecule is Cc1[nH]c2c(c1C(=O)O)C(=O)C[C@@H](c1ccco1)C2. The van der Waals surface area contributed by atoms with Crippen molar-refractivity contribution in [2.24, 2.45) is 0 Å². The minimum absolute atomic E-state index is 0.0188. The topological polar surface area (TPSA) is 83.3 Å². The Balaban J connectivity index is 2.05. The molecule has 0 saturated carbocycles. The minimum atomic E-state index is -1.06. The molecule has 0 saturated heterocycles. The zero-order chi connectivity index (χ0) is 13.6. The van der Waals surface area contributed by atoms with Gasteiger partial charge in [0.2, 0.25) is 0 Å². The number of furan rings is 1. The van der Waals surface area contributed by atoms with Crippen LogP contribution < -0.4 is 0 Å². The number of fused-ring (bicyclic) bond motifs is 1. The lowest BCUT2D eigenvalue weighted by atomic mass is 9.84. The molecule has 0 bridgehead atoms. The molecule has 0 fully saturated rings. The van der Waals surface area contributed by atoms with Crippen molar-refractivity contribution < 1.29 is 19.1 Å². The van der Waals surface area contributed by atoms with E-state index in [0.717, 1.165) is 5.76 Å². The van der Waals surface area contributed by atoms with Gasteiger partial charge in [0.25, 0.3) is 0 Å². The molecule has 2 heterocycles. The minimum Gasteiger partial charge on any atom is -0.478 e. The molecule has 5 heteroatoms. The standard InChI is InChI=1S/C14H13NO4/c1-7-12(14(17)18)13-9(15-7)5-8(6-10(13)16)11-3-2-4-19-11/h2-4,8,15H,5-6H2,1H3,(H,17,18)/t8-/m0/s1. The van der Waals surface area contributed by atoms with Crippen molar-refractivity contribution in [3.05, 3.63) is 46.7 Å². The van der Waals surface area contributed by atoms with Crippen LogP contribution >= 0.6 is 0 Å². The van der Waals surface area contributed by atoms with Crippen LogP contribution in [-0.4, -0.2) is 21.8 Å². The van der Waals surface area contributed by atoms with Gasteiger partial charge in [-0.25, -0.2) is 4.79 Å². The Bertz CT molecular complexity index is 651. The molecule has 1 aliphatic rings. The van der Waals surface area contributed by atoms with Crippen molar-refractivity contribution in [2.75, 3.05) is 0 Å². The van der Waals surface area contributed by atoms with Crippen LogP contribution in [0.1, 0.15) is 50.2 Å². The average molecular weight is 259 g/mol. The highest BCUT2D eigenvalue weighted by Crippen LogP contribution is 2.35. The molecular weight excluding hydrogens is 246 g/mol. The van der Waals surface area contributed by atoms with Crippen LogP contribution in [0, 0.1) is 6.92 Å². The summed E-state index contributed by atoms with van der Waals surface area (Å²) in [4.78, 5) is 26.5. The number of aromatic amines is 1. The van der Waals surface area contributed by atoms with Crippen LogP contribution in [0.5, 0.6) is 0 Å². The van der Waals surface area contributed by atoms with Gasteiger partial charge in [-0.1, -0.05) is 0 Å². The predicted molar refractivity (Wildman–Crippen MR) is 66.6 cm³/mol. The van der Waals surface area contributed by atoms with Crippen molar-refractivity contribution in [2.45, 2.75) is 25.7 Å². The number of nitrogens with one attached hydrogen (secondary N) is 1. The molecule has 0 aliphatic heterocycles. The molecular formula is C14H13NO4. The summed E-state index contributed by atoms with van der Waals surface area (Å²) in [5.74, 6) is -0.443. The first-order valence-corrected chi connectivity index (χ1v) is 6.09. The molecule has 2 aromatic rings. The van der Waals surface area contributed by atoms with E-state index in [4.69, 9.17) is 4.42 Å². The molecule has 1 aliphatic carbocycles. The van der Waals surface area contributed by atoms with E-state index in [2.05, 4.69) is 4.98 Å². The fraction of sp³-hybridized carbons (Fsp3) is 0.286. The molecule has 2 aromatic heterocycles. The van der Waals surface area contributed by atoms with Crippen molar-refractivity contribution in [3.63, 3.8) is 0 Å². The number of carboxylic acid groups (broad SMARTS) is 1. The fourth-order valence-corrected chi connectivity index (χ4v) is 2.79. The normalized spacial score (nSPS) is 18.4. The number of aryl methyl sites for hydroxylation is 1. The number of Topliss-reactive ketones (excluding diaryl/α,β-unsaturated/α-hetero) is 1. The fourth-order valence-electron chi connectivity index (χ4n) is 2.79. The third kappa shape index (κ3) is 1.78. The lowest BCUT2D eigenvalue weighted by Crippen LogP contribution is -2.19. The summed E-state index contributed by atoms with van der Waals surface area (Å²) in [6.07, 6.45) is 2.47. The zero-order valence-corrected chi connectivity index (χ0v) is 10.4. The number of hydrogen-bond donors (Lipinski definition) is 2. The molecule has 5 nitrogen and oxygen atoms in total. The molecule has 2 N–H and O–H groups in total. The summed E-state index contributed by atoms with van der Waals surface area (Å²) in [6.45, 7) is 1.68. The summed E-state index contributed by atoms with van der Waals surface area (Å²) in [5.41, 5.74) is 1.68. The van der Waals surface area contributed by atoms with Gasteiger partial charge in [-0.3, -0.25) is 4.79 Å². The Hall–Kier alpha value is -2.30. The first-order chi connectivity index (χ1) is 9.08. The summed E-state index contributed by atoms with van der Waals surface area (Å²) in [5, 5.41) is 9.19. The van der Waals surface area contributed by atoms with Gasteiger partial charge >= 0.3 is 5.97 Å². The number of carbonyl (C=O) groups excluding carboxylic acids is 1. The van der Waals surface area contributed by atoms with Crippen molar-refractivity contribution >= 4 is 11.8 Å². The summed E-state index contributed by atoms with van der Waals surface area (Å²) in [7, 11) is 0. The molecule has 0 aromatic carbocycles. The molecule has 1 atom stereocenters. The summed E-state index contributed by atoms with van der Waals surface area (Å²) < 4.78 is 5.34. The second-order valence-electron chi connectivity index (χ2n) is 4.83. The van der Waals surface area contributed by atoms with Gasteiger partial charge < -0.3 is 14.5 Å². The Kier molecular flexibility index (Phi) is 2.55. The molecule has 3 rings (SSSR count). The van der Waals surface area contributed by atoms with Crippen LogP contribution in [-0.2, 0) is 6.42 Å². The van der Waals surface area contributed by atoms with E-state index < -0.39 is 5.97 Å². The number of aromatic nitrogens is 1. The number of ketones is 1. The van der Waals surface area contributed by atoms with Crippen LogP contribution in [0.2, 0.25) is 0 Å². The molecule has 0 radical (unpaired) electrons. The molecule has 0 unspecified atom stereocenters. The molecule has 0 amide bonds. The van der Waals surface area contributed by atoms with E-state index >= 15 is 0 Å². The second kappa shape index (κ2) is 4.12. The summed E-state index contributed by atoms with van der Waals surface area (Å²) in [6, 6.07) is 3.63. The van der Waals surface area contributed by atoms with E-state index in [-0.39, 0.29) is 23.7 Å². The first kappa shape index (κ1) is 11.8. The quantitative estimate of drug-likeness (QED) is 0.868. The lowest BCUT2D eigenvalue weighted by molar-refractivity contribution is 0.0690. The highest BCUT2D eigenvalue weighted by molar-refractivity contribution is 6.08. The van der Waals surface area contributed by atoms with Crippen LogP contribution in [0.25, 0.3) is 0 Å². The largest absolute Gasteiger partial charge is 0.478 e. The number of carbonyl (C=O) groups is 2. The highest BCUT2D eigenvalue weighted by Gasteiger charge is 2.34. The first-order valence-electron chi connectivity index (χ1n) is 6.09. The van der Waals surface area contributed by atoms with Gasteiger partial charge in [0.15, 0.2) is 5.78 Å². The Labute approximate surface area is 109 Å². The maximum Gasteiger partial charge on any atom is 0.338 e. The van der Waals surface area contributed by atoms with Gasteiger partial charge in [0.05, 0.1) is 17.4 Å². The van der Waals surface area contributed by atoms with E-state index in [9.17, 15) is 14.7 Å². The smallest absolute Gasteiger partial charge is 0.338 e. The van der Waals surface area contributed by atoms with Gasteiger partial charge in [-0.15, -0.1) is 0 Å². The Morgan fingerprint density at radius 1 is 1.47 bits per heavy atom. The van der Waals surface area contributed by atoms with Gasteiger partial charge in [-0.2, -0.15) is 0 Å². The van der Waals surface area contributed by atoms with E-state index in [1.165, 1.54) is 0 Å². The number of H-pyrrole nitrogens is 1. The van der Waals surface area contributed by atoms with Gasteiger partial charge in [-0.05, 0) is 25.5 Å². The van der Waals surface area contributed by atoms with Crippen LogP contribution in [0.3, 0.4) is 0 Å². The Morgan fingerprint density at radius 2 is 2.26 bits per heavy atom. The van der Waals surface area contributed by atoms with Gasteiger partial charge in [0, 0.05) is 23.7 Å². The van der Waals surface area contributed by atoms with Crippen LogP contribution in [0.4, 0.5) is 0 Å². The monoisotopic (exact) mass is 259 g/mol. The highest BCUT2D eigenvalue weighted by atomic mass is 16.4. The number of hydrogen-bond acceptors (Lipinski definition) is 3. The number of carboxylic acids is 1. The van der Waals surface area contributed by atoms with E-state index in [0.29, 0.717) is 23.4 Å². The lowest BCUT2D eigenvalue weighted by Gasteiger charge is -2.19. The predicted octanol–water partition coefficient (Wildman–Crippen LogP) is 2.53. The van der Waals surface area contributed by atoms with E-state index in [1.54, 1.807) is 19.3 Å². The molecule has 0 spiro atoms. The van der Waals surface area contributed by atoms with Crippen LogP contribution in [0.15, 0.2) is 22.8 Å². The third-order valence-electron chi connectivity index (χ3n) is 3.59. The van der Waals surface area contributed by atoms with Crippen molar-refractivity contribution in [1.29, 1.82) is 0 Å². The number of rotatable bonds is 2. The second-order valence-corrected chi connectivity index (χ2v) is 4.83. The van der Waals surface area contributed by atoms with Gasteiger partial charge in [0.1, 0.15) is 5.76 Å². The average Bonchev–Trinajstić information content (AvgIpc) is 2.94. The maximum absolute atomic E-state index is 12.2. The Morgan fingerprint density at radius 3 is 2.89 bits per heavy atom. The molecule has 19 heavy (non-hydrogen) atoms. The maximum atomic E-state index is 12.2. The van der Waals surface area contributed by atoms with Crippen molar-refractivity contribution in [1.82, 2.24) is 4.98 Å². The third-order valence-corrected chi connectivity index (χ3v) is 3.59. The number of aromatic carboxylic acids is 1. The molecule has 98 valence electrons. The van der Waals surface area contributed by atoms with E-state index in [1.807, 2.05) is 6.07 Å².